The maximum atomic E-state index is 11.4. The Labute approximate surface area is 88.1 Å². The molecule has 5 nitrogen and oxygen atoms in total. The molecule has 0 aromatic heterocycles. The van der Waals surface area contributed by atoms with E-state index in [0.717, 1.165) is 0 Å². The Morgan fingerprint density at radius 2 is 2.13 bits per heavy atom. The number of para-hydroxylation sites is 2. The van der Waals surface area contributed by atoms with E-state index in [1.54, 1.807) is 25.1 Å². The first kappa shape index (κ1) is 11.5. The molecule has 0 saturated carbocycles. The molecular formula is C10H14N2O3. The molecule has 0 spiro atoms. The van der Waals surface area contributed by atoms with Crippen LogP contribution in [0, 0.1) is 0 Å². The van der Waals surface area contributed by atoms with Crippen LogP contribution in [0.4, 0.5) is 5.69 Å². The number of amides is 1. The number of hydrogen-bond acceptors (Lipinski definition) is 4. The molecule has 0 aliphatic rings. The fourth-order valence-electron chi connectivity index (χ4n) is 1.04. The van der Waals surface area contributed by atoms with Gasteiger partial charge >= 0.3 is 0 Å². The van der Waals surface area contributed by atoms with Crippen molar-refractivity contribution < 1.29 is 14.4 Å². The fourth-order valence-corrected chi connectivity index (χ4v) is 1.04. The van der Waals surface area contributed by atoms with Crippen LogP contribution in [0.5, 0.6) is 5.75 Å². The Kier molecular flexibility index (Phi) is 4.08. The van der Waals surface area contributed by atoms with Gasteiger partial charge in [-0.25, -0.2) is 5.90 Å². The first-order valence-electron chi connectivity index (χ1n) is 4.48. The maximum absolute atomic E-state index is 11.4. The van der Waals surface area contributed by atoms with Crippen LogP contribution in [-0.4, -0.2) is 19.1 Å². The van der Waals surface area contributed by atoms with Crippen LogP contribution in [-0.2, 0) is 9.63 Å². The molecule has 1 aromatic carbocycles. The van der Waals surface area contributed by atoms with E-state index in [4.69, 9.17) is 10.6 Å². The lowest BCUT2D eigenvalue weighted by molar-refractivity contribution is -0.126. The van der Waals surface area contributed by atoms with E-state index in [1.165, 1.54) is 7.11 Å². The second-order valence-electron chi connectivity index (χ2n) is 2.97. The van der Waals surface area contributed by atoms with Gasteiger partial charge < -0.3 is 10.1 Å². The van der Waals surface area contributed by atoms with Crippen molar-refractivity contribution in [2.75, 3.05) is 12.4 Å². The molecule has 1 aromatic rings. The molecule has 1 amide bonds. The summed E-state index contributed by atoms with van der Waals surface area (Å²) in [4.78, 5) is 15.8. The summed E-state index contributed by atoms with van der Waals surface area (Å²) >= 11 is 0. The lowest BCUT2D eigenvalue weighted by Gasteiger charge is -2.12. The summed E-state index contributed by atoms with van der Waals surface area (Å²) in [6.45, 7) is 1.56. The minimum Gasteiger partial charge on any atom is -0.495 e. The molecule has 0 fully saturated rings. The van der Waals surface area contributed by atoms with Crippen LogP contribution in [0.15, 0.2) is 24.3 Å². The monoisotopic (exact) mass is 210 g/mol. The number of methoxy groups -OCH3 is 1. The molecule has 3 N–H and O–H groups in total. The molecule has 0 heterocycles. The van der Waals surface area contributed by atoms with Gasteiger partial charge in [-0.05, 0) is 19.1 Å². The molecule has 15 heavy (non-hydrogen) atoms. The Hall–Kier alpha value is -1.59. The van der Waals surface area contributed by atoms with Crippen molar-refractivity contribution in [2.24, 2.45) is 5.90 Å². The topological polar surface area (TPSA) is 73.6 Å². The molecule has 0 radical (unpaired) electrons. The van der Waals surface area contributed by atoms with Crippen LogP contribution in [0.2, 0.25) is 0 Å². The average molecular weight is 210 g/mol. The van der Waals surface area contributed by atoms with Crippen LogP contribution in [0.3, 0.4) is 0 Å². The quantitative estimate of drug-likeness (QED) is 0.724. The van der Waals surface area contributed by atoms with Gasteiger partial charge in [0.15, 0.2) is 6.10 Å². The highest BCUT2D eigenvalue weighted by atomic mass is 16.6. The third-order valence-electron chi connectivity index (χ3n) is 1.94. The summed E-state index contributed by atoms with van der Waals surface area (Å²) in [5.74, 6) is 5.18. The van der Waals surface area contributed by atoms with E-state index in [-0.39, 0.29) is 5.91 Å². The van der Waals surface area contributed by atoms with Gasteiger partial charge in [-0.1, -0.05) is 12.1 Å². The number of nitrogens with two attached hydrogens (primary N) is 1. The summed E-state index contributed by atoms with van der Waals surface area (Å²) in [5.41, 5.74) is 0.592. The molecular weight excluding hydrogens is 196 g/mol. The van der Waals surface area contributed by atoms with Gasteiger partial charge in [0.1, 0.15) is 5.75 Å². The van der Waals surface area contributed by atoms with E-state index in [1.807, 2.05) is 6.07 Å². The van der Waals surface area contributed by atoms with Gasteiger partial charge in [0, 0.05) is 0 Å². The van der Waals surface area contributed by atoms with E-state index in [0.29, 0.717) is 11.4 Å². The first-order valence-corrected chi connectivity index (χ1v) is 4.48. The molecule has 1 unspecified atom stereocenters. The van der Waals surface area contributed by atoms with Crippen molar-refractivity contribution in [1.29, 1.82) is 0 Å². The van der Waals surface area contributed by atoms with Gasteiger partial charge in [0.05, 0.1) is 12.8 Å². The molecule has 0 aliphatic carbocycles. The summed E-state index contributed by atoms with van der Waals surface area (Å²) in [6.07, 6.45) is -0.699. The highest BCUT2D eigenvalue weighted by Gasteiger charge is 2.13. The summed E-state index contributed by atoms with van der Waals surface area (Å²) < 4.78 is 5.07. The van der Waals surface area contributed by atoms with E-state index >= 15 is 0 Å². The van der Waals surface area contributed by atoms with Crippen molar-refractivity contribution in [2.45, 2.75) is 13.0 Å². The predicted octanol–water partition coefficient (Wildman–Crippen LogP) is 0.913. The highest BCUT2D eigenvalue weighted by molar-refractivity contribution is 5.95. The second-order valence-corrected chi connectivity index (χ2v) is 2.97. The van der Waals surface area contributed by atoms with Gasteiger partial charge in [0.2, 0.25) is 0 Å². The number of ether oxygens (including phenoxy) is 1. The lowest BCUT2D eigenvalue weighted by Crippen LogP contribution is -2.29. The first-order chi connectivity index (χ1) is 7.19. The maximum Gasteiger partial charge on any atom is 0.255 e. The van der Waals surface area contributed by atoms with Gasteiger partial charge in [0.25, 0.3) is 5.91 Å². The van der Waals surface area contributed by atoms with Crippen molar-refractivity contribution in [3.63, 3.8) is 0 Å². The number of carbonyl (C=O) groups is 1. The zero-order valence-corrected chi connectivity index (χ0v) is 8.69. The Balaban J connectivity index is 2.76. The van der Waals surface area contributed by atoms with E-state index < -0.39 is 6.10 Å². The van der Waals surface area contributed by atoms with Gasteiger partial charge in [-0.15, -0.1) is 0 Å². The largest absolute Gasteiger partial charge is 0.495 e. The van der Waals surface area contributed by atoms with Crippen LogP contribution >= 0.6 is 0 Å². The van der Waals surface area contributed by atoms with Gasteiger partial charge in [-0.2, -0.15) is 0 Å². The van der Waals surface area contributed by atoms with Crippen LogP contribution < -0.4 is 16.0 Å². The zero-order chi connectivity index (χ0) is 11.3. The third kappa shape index (κ3) is 2.93. The van der Waals surface area contributed by atoms with Crippen molar-refractivity contribution in [1.82, 2.24) is 0 Å². The van der Waals surface area contributed by atoms with Crippen molar-refractivity contribution in [3.8, 4) is 5.75 Å². The van der Waals surface area contributed by atoms with E-state index in [9.17, 15) is 4.79 Å². The molecule has 1 atom stereocenters. The average Bonchev–Trinajstić information content (AvgIpc) is 2.28. The summed E-state index contributed by atoms with van der Waals surface area (Å²) in [7, 11) is 1.54. The minimum atomic E-state index is -0.699. The van der Waals surface area contributed by atoms with Crippen molar-refractivity contribution in [3.05, 3.63) is 24.3 Å². The zero-order valence-electron chi connectivity index (χ0n) is 8.69. The number of anilines is 1. The molecule has 5 heteroatoms. The number of nitrogens with one attached hydrogen (secondary N) is 1. The number of benzene rings is 1. The smallest absolute Gasteiger partial charge is 0.255 e. The Morgan fingerprint density at radius 3 is 2.73 bits per heavy atom. The minimum absolute atomic E-state index is 0.318. The fraction of sp³-hybridized carbons (Fsp3) is 0.300. The summed E-state index contributed by atoms with van der Waals surface area (Å²) in [6, 6.07) is 7.10. The number of hydrogen-bond donors (Lipinski definition) is 2. The number of carbonyl (C=O) groups excluding carboxylic acids is 1. The highest BCUT2D eigenvalue weighted by Crippen LogP contribution is 2.23. The lowest BCUT2D eigenvalue weighted by atomic mass is 10.2. The predicted molar refractivity (Wildman–Crippen MR) is 56.4 cm³/mol. The Morgan fingerprint density at radius 1 is 1.47 bits per heavy atom. The molecule has 82 valence electrons. The third-order valence-corrected chi connectivity index (χ3v) is 1.94. The van der Waals surface area contributed by atoms with Crippen LogP contribution in [0.25, 0.3) is 0 Å². The van der Waals surface area contributed by atoms with Crippen LogP contribution in [0.1, 0.15) is 6.92 Å². The molecule has 0 saturated heterocycles. The van der Waals surface area contributed by atoms with E-state index in [2.05, 4.69) is 10.2 Å². The molecule has 1 rings (SSSR count). The second kappa shape index (κ2) is 5.33. The normalized spacial score (nSPS) is 11.9. The van der Waals surface area contributed by atoms with Crippen molar-refractivity contribution >= 4 is 11.6 Å². The van der Waals surface area contributed by atoms with Gasteiger partial charge in [-0.3, -0.25) is 9.63 Å². The Bertz CT molecular complexity index is 341. The molecule has 0 aliphatic heterocycles. The molecule has 0 bridgehead atoms. The number of rotatable bonds is 4. The summed E-state index contributed by atoms with van der Waals surface area (Å²) in [5, 5.41) is 2.64. The SMILES string of the molecule is COc1ccccc1NC(=O)C(C)ON. The standard InChI is InChI=1S/C10H14N2O3/c1-7(15-11)10(13)12-8-5-3-4-6-9(8)14-2/h3-7H,11H2,1-2H3,(H,12,13).